The van der Waals surface area contributed by atoms with Crippen LogP contribution >= 0.6 is 11.6 Å². The van der Waals surface area contributed by atoms with E-state index in [4.69, 9.17) is 16.3 Å². The van der Waals surface area contributed by atoms with Crippen molar-refractivity contribution in [3.63, 3.8) is 0 Å². The van der Waals surface area contributed by atoms with E-state index in [1.54, 1.807) is 12.1 Å². The first-order chi connectivity index (χ1) is 13.9. The maximum Gasteiger partial charge on any atom is 0.425 e. The van der Waals surface area contributed by atoms with E-state index in [-0.39, 0.29) is 22.8 Å². The number of hydrogen-bond donors (Lipinski definition) is 0. The number of hydrogen-bond acceptors (Lipinski definition) is 4. The fourth-order valence-electron chi connectivity index (χ4n) is 3.13. The minimum atomic E-state index is -4.64. The van der Waals surface area contributed by atoms with E-state index >= 15 is 0 Å². The summed E-state index contributed by atoms with van der Waals surface area (Å²) in [4.78, 5) is 14.4. The van der Waals surface area contributed by atoms with Gasteiger partial charge in [-0.05, 0) is 54.8 Å². The van der Waals surface area contributed by atoms with E-state index in [0.717, 1.165) is 42.5 Å². The summed E-state index contributed by atoms with van der Waals surface area (Å²) in [5.74, 6) is -0.926. The number of fused-ring (bicyclic) bond motifs is 1. The molecule has 0 fully saturated rings. The van der Waals surface area contributed by atoms with Gasteiger partial charge in [0.25, 0.3) is 5.91 Å². The van der Waals surface area contributed by atoms with Gasteiger partial charge in [-0.25, -0.2) is 8.42 Å². The maximum absolute atomic E-state index is 13.2. The van der Waals surface area contributed by atoms with Gasteiger partial charge in [-0.15, -0.1) is 0 Å². The molecule has 1 heterocycles. The number of carbonyl (C=O) groups excluding carboxylic acids is 1. The molecule has 3 rings (SSSR count). The Morgan fingerprint density at radius 2 is 1.87 bits per heavy atom. The fraction of sp³-hybridized carbons (Fsp3) is 0.350. The number of alkyl halides is 3. The van der Waals surface area contributed by atoms with Crippen molar-refractivity contribution in [1.29, 1.82) is 0 Å². The number of sulfone groups is 1. The molecule has 0 aliphatic carbocycles. The summed E-state index contributed by atoms with van der Waals surface area (Å²) in [6.07, 6.45) is -5.34. The van der Waals surface area contributed by atoms with Crippen LogP contribution in [0.3, 0.4) is 0 Å². The van der Waals surface area contributed by atoms with E-state index in [9.17, 15) is 26.4 Å². The Bertz CT molecular complexity index is 1090. The predicted octanol–water partition coefficient (Wildman–Crippen LogP) is 4.27. The van der Waals surface area contributed by atoms with Crippen LogP contribution < -0.4 is 4.74 Å². The van der Waals surface area contributed by atoms with Crippen molar-refractivity contribution in [3.8, 4) is 5.75 Å². The highest BCUT2D eigenvalue weighted by atomic mass is 35.5. The van der Waals surface area contributed by atoms with E-state index in [1.165, 1.54) is 4.90 Å². The van der Waals surface area contributed by atoms with Gasteiger partial charge in [0.2, 0.25) is 0 Å². The Morgan fingerprint density at radius 3 is 2.50 bits per heavy atom. The van der Waals surface area contributed by atoms with E-state index in [1.807, 2.05) is 6.07 Å². The van der Waals surface area contributed by atoms with Gasteiger partial charge >= 0.3 is 6.18 Å². The molecule has 2 aromatic carbocycles. The van der Waals surface area contributed by atoms with Crippen molar-refractivity contribution in [2.45, 2.75) is 37.1 Å². The van der Waals surface area contributed by atoms with Gasteiger partial charge < -0.3 is 9.64 Å². The van der Waals surface area contributed by atoms with E-state index < -0.39 is 28.0 Å². The van der Waals surface area contributed by atoms with Crippen molar-refractivity contribution in [1.82, 2.24) is 4.90 Å². The second-order valence-electron chi connectivity index (χ2n) is 7.12. The van der Waals surface area contributed by atoms with Crippen LogP contribution in [0.15, 0.2) is 41.3 Å². The van der Waals surface area contributed by atoms with Gasteiger partial charge in [-0.1, -0.05) is 17.7 Å². The minimum absolute atomic E-state index is 0.179. The standard InChI is InChI=1S/C20H19ClF3NO4S/c1-12(20(22,23)24)29-18-6-5-16(30(2,27)28)10-17(18)19(26)25-8-7-13-9-15(21)4-3-14(13)11-25/h3-6,9-10,12H,7-8,11H2,1-2H3/t12-/m0/s1. The van der Waals surface area contributed by atoms with Gasteiger partial charge in [0.05, 0.1) is 10.5 Å². The summed E-state index contributed by atoms with van der Waals surface area (Å²) in [5, 5.41) is 0.575. The largest absolute Gasteiger partial charge is 0.480 e. The molecule has 30 heavy (non-hydrogen) atoms. The zero-order valence-corrected chi connectivity index (χ0v) is 17.7. The summed E-state index contributed by atoms with van der Waals surface area (Å²) in [6.45, 7) is 1.35. The molecular formula is C20H19ClF3NO4S. The van der Waals surface area contributed by atoms with Crippen LogP contribution in [0.2, 0.25) is 5.02 Å². The van der Waals surface area contributed by atoms with Crippen LogP contribution in [-0.4, -0.2) is 44.3 Å². The van der Waals surface area contributed by atoms with Crippen LogP contribution in [0, 0.1) is 0 Å². The lowest BCUT2D eigenvalue weighted by molar-refractivity contribution is -0.189. The molecule has 0 aromatic heterocycles. The molecular weight excluding hydrogens is 443 g/mol. The molecule has 0 spiro atoms. The topological polar surface area (TPSA) is 63.7 Å². The summed E-state index contributed by atoms with van der Waals surface area (Å²) >= 11 is 5.99. The van der Waals surface area contributed by atoms with E-state index in [2.05, 4.69) is 0 Å². The minimum Gasteiger partial charge on any atom is -0.480 e. The Morgan fingerprint density at radius 1 is 1.17 bits per heavy atom. The molecule has 0 unspecified atom stereocenters. The number of benzene rings is 2. The summed E-state index contributed by atoms with van der Waals surface area (Å²) in [7, 11) is -3.68. The molecule has 1 amide bonds. The highest BCUT2D eigenvalue weighted by Gasteiger charge is 2.39. The van der Waals surface area contributed by atoms with Gasteiger partial charge in [0, 0.05) is 24.4 Å². The fourth-order valence-corrected chi connectivity index (χ4v) is 3.97. The summed E-state index contributed by atoms with van der Waals surface area (Å²) in [6, 6.07) is 8.56. The number of halogens is 4. The van der Waals surface area contributed by atoms with Crippen LogP contribution in [0.25, 0.3) is 0 Å². The quantitative estimate of drug-likeness (QED) is 0.682. The first-order valence-electron chi connectivity index (χ1n) is 9.00. The van der Waals surface area contributed by atoms with Gasteiger partial charge in [-0.3, -0.25) is 4.79 Å². The highest BCUT2D eigenvalue weighted by Crippen LogP contribution is 2.31. The lowest BCUT2D eigenvalue weighted by Crippen LogP contribution is -2.37. The number of rotatable bonds is 4. The third-order valence-electron chi connectivity index (χ3n) is 4.84. The van der Waals surface area contributed by atoms with Crippen LogP contribution in [0.1, 0.15) is 28.4 Å². The average molecular weight is 462 g/mol. The van der Waals surface area contributed by atoms with Crippen molar-refractivity contribution in [2.75, 3.05) is 12.8 Å². The molecule has 0 bridgehead atoms. The Kier molecular flexibility index (Phi) is 6.06. The first kappa shape index (κ1) is 22.4. The highest BCUT2D eigenvalue weighted by molar-refractivity contribution is 7.90. The number of nitrogens with zero attached hydrogens (tertiary/aromatic N) is 1. The zero-order valence-electron chi connectivity index (χ0n) is 16.2. The second kappa shape index (κ2) is 8.11. The Hall–Kier alpha value is -2.26. The molecule has 2 aromatic rings. The predicted molar refractivity (Wildman–Crippen MR) is 106 cm³/mol. The zero-order chi connectivity index (χ0) is 22.3. The first-order valence-corrected chi connectivity index (χ1v) is 11.3. The number of carbonyl (C=O) groups is 1. The van der Waals surface area contributed by atoms with Crippen molar-refractivity contribution >= 4 is 27.3 Å². The lowest BCUT2D eigenvalue weighted by Gasteiger charge is -2.30. The molecule has 1 aliphatic heterocycles. The summed E-state index contributed by atoms with van der Waals surface area (Å²) < 4.78 is 67.7. The second-order valence-corrected chi connectivity index (χ2v) is 9.57. The van der Waals surface area contributed by atoms with Gasteiger partial charge in [-0.2, -0.15) is 13.2 Å². The van der Waals surface area contributed by atoms with Crippen molar-refractivity contribution < 1.29 is 31.1 Å². The third-order valence-corrected chi connectivity index (χ3v) is 6.19. The van der Waals surface area contributed by atoms with Crippen LogP contribution in [-0.2, 0) is 22.8 Å². The molecule has 5 nitrogen and oxygen atoms in total. The maximum atomic E-state index is 13.2. The molecule has 0 N–H and O–H groups in total. The third kappa shape index (κ3) is 4.89. The Balaban J connectivity index is 1.97. The molecule has 1 atom stereocenters. The molecule has 0 saturated heterocycles. The average Bonchev–Trinajstić information content (AvgIpc) is 2.65. The lowest BCUT2D eigenvalue weighted by atomic mass is 9.99. The number of amides is 1. The number of ether oxygens (including phenoxy) is 1. The van der Waals surface area contributed by atoms with Gasteiger partial charge in [0.1, 0.15) is 5.75 Å². The van der Waals surface area contributed by atoms with Crippen LogP contribution in [0.5, 0.6) is 5.75 Å². The molecule has 1 aliphatic rings. The molecule has 162 valence electrons. The monoisotopic (exact) mass is 461 g/mol. The summed E-state index contributed by atoms with van der Waals surface area (Å²) in [5.41, 5.74) is 1.62. The molecule has 0 radical (unpaired) electrons. The molecule has 10 heteroatoms. The molecule has 0 saturated carbocycles. The van der Waals surface area contributed by atoms with Crippen molar-refractivity contribution in [3.05, 3.63) is 58.1 Å². The van der Waals surface area contributed by atoms with Gasteiger partial charge in [0.15, 0.2) is 15.9 Å². The smallest absolute Gasteiger partial charge is 0.425 e. The van der Waals surface area contributed by atoms with Crippen LogP contribution in [0.4, 0.5) is 13.2 Å². The van der Waals surface area contributed by atoms with E-state index in [0.29, 0.717) is 18.0 Å². The van der Waals surface area contributed by atoms with Crippen molar-refractivity contribution in [2.24, 2.45) is 0 Å². The Labute approximate surface area is 177 Å². The SMILES string of the molecule is C[C@H](Oc1ccc(S(C)(=O)=O)cc1C(=O)N1CCc2cc(Cl)ccc2C1)C(F)(F)F. The normalized spacial score (nSPS) is 15.5.